The molecule has 0 aromatic heterocycles. The molecule has 0 spiro atoms. The van der Waals surface area contributed by atoms with Crippen LogP contribution in [0.3, 0.4) is 0 Å². The lowest BCUT2D eigenvalue weighted by atomic mass is 10.2. The number of rotatable bonds is 5. The number of carbonyl (C=O) groups excluding carboxylic acids is 1. The van der Waals surface area contributed by atoms with E-state index in [1.807, 2.05) is 0 Å². The Morgan fingerprint density at radius 1 is 1.38 bits per heavy atom. The van der Waals surface area contributed by atoms with Crippen molar-refractivity contribution >= 4 is 15.8 Å². The molecular formula is C10H18O5S. The van der Waals surface area contributed by atoms with Gasteiger partial charge in [-0.05, 0) is 19.8 Å². The molecule has 1 aliphatic rings. The standard InChI is InChI=1S/C10H18O5S/c1-2-15-10(11)5-8-16(12,13)9-3-6-14-7-4-9/h9H,2-8H2,1H3. The number of hydrogen-bond acceptors (Lipinski definition) is 5. The molecule has 0 aromatic carbocycles. The molecule has 0 atom stereocenters. The predicted octanol–water partition coefficient (Wildman–Crippen LogP) is 0.533. The van der Waals surface area contributed by atoms with Gasteiger partial charge in [-0.15, -0.1) is 0 Å². The number of esters is 1. The molecule has 5 nitrogen and oxygen atoms in total. The molecule has 94 valence electrons. The number of ether oxygens (including phenoxy) is 2. The Bertz CT molecular complexity index is 316. The van der Waals surface area contributed by atoms with Crippen molar-refractivity contribution < 1.29 is 22.7 Å². The predicted molar refractivity (Wildman–Crippen MR) is 58.9 cm³/mol. The first kappa shape index (κ1) is 13.4. The molecule has 1 rings (SSSR count). The third-order valence-corrected chi connectivity index (χ3v) is 4.83. The highest BCUT2D eigenvalue weighted by molar-refractivity contribution is 7.92. The summed E-state index contributed by atoms with van der Waals surface area (Å²) >= 11 is 0. The fourth-order valence-corrected chi connectivity index (χ4v) is 3.36. The maximum Gasteiger partial charge on any atom is 0.306 e. The summed E-state index contributed by atoms with van der Waals surface area (Å²) in [6.45, 7) is 2.97. The number of carbonyl (C=O) groups is 1. The molecule has 0 amide bonds. The van der Waals surface area contributed by atoms with Crippen molar-refractivity contribution in [2.45, 2.75) is 31.4 Å². The molecule has 0 radical (unpaired) electrons. The minimum Gasteiger partial charge on any atom is -0.466 e. The van der Waals surface area contributed by atoms with Gasteiger partial charge in [-0.3, -0.25) is 4.79 Å². The highest BCUT2D eigenvalue weighted by Crippen LogP contribution is 2.17. The molecule has 0 saturated carbocycles. The van der Waals surface area contributed by atoms with Crippen molar-refractivity contribution in [1.29, 1.82) is 0 Å². The smallest absolute Gasteiger partial charge is 0.306 e. The van der Waals surface area contributed by atoms with E-state index in [9.17, 15) is 13.2 Å². The van der Waals surface area contributed by atoms with Crippen molar-refractivity contribution in [2.24, 2.45) is 0 Å². The molecular weight excluding hydrogens is 232 g/mol. The normalized spacial score (nSPS) is 18.3. The van der Waals surface area contributed by atoms with Crippen LogP contribution in [-0.2, 0) is 24.1 Å². The van der Waals surface area contributed by atoms with Crippen LogP contribution in [0, 0.1) is 0 Å². The van der Waals surface area contributed by atoms with E-state index in [2.05, 4.69) is 0 Å². The molecule has 0 aromatic rings. The molecule has 1 fully saturated rings. The van der Waals surface area contributed by atoms with Crippen LogP contribution in [0.25, 0.3) is 0 Å². The van der Waals surface area contributed by atoms with Crippen molar-refractivity contribution in [3.05, 3.63) is 0 Å². The van der Waals surface area contributed by atoms with E-state index in [-0.39, 0.29) is 24.0 Å². The first-order valence-electron chi connectivity index (χ1n) is 5.51. The minimum atomic E-state index is -3.18. The Morgan fingerprint density at radius 3 is 2.56 bits per heavy atom. The second-order valence-corrected chi connectivity index (χ2v) is 6.13. The first-order valence-corrected chi connectivity index (χ1v) is 7.22. The van der Waals surface area contributed by atoms with Gasteiger partial charge < -0.3 is 9.47 Å². The Hall–Kier alpha value is -0.620. The zero-order valence-corrected chi connectivity index (χ0v) is 10.3. The Kier molecular flexibility index (Phi) is 5.21. The van der Waals surface area contributed by atoms with Gasteiger partial charge in [0.1, 0.15) is 0 Å². The maximum absolute atomic E-state index is 11.8. The number of sulfone groups is 1. The summed E-state index contributed by atoms with van der Waals surface area (Å²) in [5.74, 6) is -0.561. The van der Waals surface area contributed by atoms with E-state index in [0.717, 1.165) is 0 Å². The maximum atomic E-state index is 11.8. The monoisotopic (exact) mass is 250 g/mol. The minimum absolute atomic E-state index is 0.0481. The van der Waals surface area contributed by atoms with Gasteiger partial charge >= 0.3 is 5.97 Å². The Balaban J connectivity index is 2.41. The van der Waals surface area contributed by atoms with E-state index in [0.29, 0.717) is 26.1 Å². The van der Waals surface area contributed by atoms with Gasteiger partial charge in [0.2, 0.25) is 0 Å². The second-order valence-electron chi connectivity index (χ2n) is 3.73. The zero-order valence-electron chi connectivity index (χ0n) is 9.48. The first-order chi connectivity index (χ1) is 7.56. The molecule has 1 aliphatic heterocycles. The van der Waals surface area contributed by atoms with Crippen molar-refractivity contribution in [1.82, 2.24) is 0 Å². The average molecular weight is 250 g/mol. The lowest BCUT2D eigenvalue weighted by molar-refractivity contribution is -0.142. The summed E-state index contributed by atoms with van der Waals surface area (Å²) in [6.07, 6.45) is 1.02. The summed E-state index contributed by atoms with van der Waals surface area (Å²) in [5, 5.41) is -0.351. The molecule has 0 N–H and O–H groups in total. The van der Waals surface area contributed by atoms with Gasteiger partial charge in [0.25, 0.3) is 0 Å². The summed E-state index contributed by atoms with van der Waals surface area (Å²) < 4.78 is 33.5. The van der Waals surface area contributed by atoms with Crippen molar-refractivity contribution in [3.8, 4) is 0 Å². The quantitative estimate of drug-likeness (QED) is 0.666. The van der Waals surface area contributed by atoms with Crippen molar-refractivity contribution in [3.63, 3.8) is 0 Å². The van der Waals surface area contributed by atoms with Gasteiger partial charge in [-0.1, -0.05) is 0 Å². The molecule has 1 saturated heterocycles. The van der Waals surface area contributed by atoms with E-state index in [1.54, 1.807) is 6.92 Å². The van der Waals surface area contributed by atoms with Crippen LogP contribution in [0.1, 0.15) is 26.2 Å². The highest BCUT2D eigenvalue weighted by atomic mass is 32.2. The Labute approximate surface area is 96.0 Å². The van der Waals surface area contributed by atoms with Gasteiger partial charge in [0, 0.05) is 13.2 Å². The van der Waals surface area contributed by atoms with Crippen LogP contribution in [0.2, 0.25) is 0 Å². The van der Waals surface area contributed by atoms with Crippen LogP contribution in [0.5, 0.6) is 0 Å². The van der Waals surface area contributed by atoms with Gasteiger partial charge in [0.15, 0.2) is 9.84 Å². The van der Waals surface area contributed by atoms with E-state index >= 15 is 0 Å². The third kappa shape index (κ3) is 4.09. The summed E-state index contributed by atoms with van der Waals surface area (Å²) in [4.78, 5) is 11.1. The second kappa shape index (κ2) is 6.20. The third-order valence-electron chi connectivity index (χ3n) is 2.57. The molecule has 0 bridgehead atoms. The zero-order chi connectivity index (χ0) is 12.0. The van der Waals surface area contributed by atoms with E-state index < -0.39 is 15.8 Å². The summed E-state index contributed by atoms with van der Waals surface area (Å²) in [5.41, 5.74) is 0. The summed E-state index contributed by atoms with van der Waals surface area (Å²) in [7, 11) is -3.18. The number of hydrogen-bond donors (Lipinski definition) is 0. The highest BCUT2D eigenvalue weighted by Gasteiger charge is 2.28. The van der Waals surface area contributed by atoms with E-state index in [1.165, 1.54) is 0 Å². The molecule has 0 unspecified atom stereocenters. The van der Waals surface area contributed by atoms with Gasteiger partial charge in [-0.2, -0.15) is 0 Å². The van der Waals surface area contributed by atoms with Crippen LogP contribution in [0.4, 0.5) is 0 Å². The lowest BCUT2D eigenvalue weighted by Crippen LogP contribution is -2.31. The fraction of sp³-hybridized carbons (Fsp3) is 0.900. The Morgan fingerprint density at radius 2 is 2.00 bits per heavy atom. The topological polar surface area (TPSA) is 69.7 Å². The fourth-order valence-electron chi connectivity index (χ4n) is 1.66. The van der Waals surface area contributed by atoms with E-state index in [4.69, 9.17) is 9.47 Å². The van der Waals surface area contributed by atoms with Crippen LogP contribution >= 0.6 is 0 Å². The molecule has 0 aliphatic carbocycles. The van der Waals surface area contributed by atoms with Gasteiger partial charge in [0.05, 0.1) is 24.0 Å². The largest absolute Gasteiger partial charge is 0.466 e. The lowest BCUT2D eigenvalue weighted by Gasteiger charge is -2.21. The van der Waals surface area contributed by atoms with Crippen LogP contribution in [0.15, 0.2) is 0 Å². The van der Waals surface area contributed by atoms with Crippen LogP contribution < -0.4 is 0 Å². The molecule has 1 heterocycles. The SMILES string of the molecule is CCOC(=O)CCS(=O)(=O)C1CCOCC1. The van der Waals surface area contributed by atoms with Crippen molar-refractivity contribution in [2.75, 3.05) is 25.6 Å². The summed E-state index contributed by atoms with van der Waals surface area (Å²) in [6, 6.07) is 0. The van der Waals surface area contributed by atoms with Crippen LogP contribution in [-0.4, -0.2) is 45.2 Å². The molecule has 6 heteroatoms. The molecule has 16 heavy (non-hydrogen) atoms. The average Bonchev–Trinajstić information content (AvgIpc) is 2.28. The van der Waals surface area contributed by atoms with Gasteiger partial charge in [-0.25, -0.2) is 8.42 Å².